The number of phenols is 1. The maximum atomic E-state index is 13.3. The summed E-state index contributed by atoms with van der Waals surface area (Å²) < 4.78 is 13.3. The van der Waals surface area contributed by atoms with E-state index in [1.54, 1.807) is 12.1 Å². The van der Waals surface area contributed by atoms with Gasteiger partial charge in [0.15, 0.2) is 0 Å². The number of H-pyrrole nitrogens is 1. The molecule has 0 saturated heterocycles. The number of aromatic amines is 1. The van der Waals surface area contributed by atoms with E-state index in [0.29, 0.717) is 23.7 Å². The van der Waals surface area contributed by atoms with E-state index in [1.165, 1.54) is 12.1 Å². The predicted molar refractivity (Wildman–Crippen MR) is 93.1 cm³/mol. The number of carbonyl (C=O) groups is 1. The number of nitrogens with one attached hydrogen (secondary N) is 2. The highest BCUT2D eigenvalue weighted by atomic mass is 35.5. The molecule has 128 valence electrons. The maximum absolute atomic E-state index is 13.3. The Balaban J connectivity index is 1.62. The van der Waals surface area contributed by atoms with Crippen LogP contribution in [0.5, 0.6) is 5.75 Å². The number of phenolic OH excluding ortho intramolecular Hbond substituents is 1. The van der Waals surface area contributed by atoms with Gasteiger partial charge in [-0.25, -0.2) is 4.39 Å². The molecule has 1 heterocycles. The molecule has 0 aliphatic carbocycles. The van der Waals surface area contributed by atoms with Crippen LogP contribution < -0.4 is 5.32 Å². The Kier molecular flexibility index (Phi) is 5.00. The molecule has 0 bridgehead atoms. The Bertz CT molecular complexity index is 894. The molecule has 2 aromatic carbocycles. The Hall–Kier alpha value is -2.86. The molecule has 0 radical (unpaired) electrons. The molecular weight excluding hydrogens is 345 g/mol. The molecule has 0 aliphatic heterocycles. The normalized spacial score (nSPS) is 10.6. The lowest BCUT2D eigenvalue weighted by Crippen LogP contribution is -2.26. The number of amides is 1. The molecule has 7 heteroatoms. The Labute approximate surface area is 148 Å². The molecule has 25 heavy (non-hydrogen) atoms. The third-order valence-corrected chi connectivity index (χ3v) is 3.92. The summed E-state index contributed by atoms with van der Waals surface area (Å²) in [7, 11) is 0. The summed E-state index contributed by atoms with van der Waals surface area (Å²) in [5.41, 5.74) is 1.80. The zero-order valence-electron chi connectivity index (χ0n) is 13.1. The van der Waals surface area contributed by atoms with E-state index in [4.69, 9.17) is 11.6 Å². The van der Waals surface area contributed by atoms with Crippen LogP contribution in [0, 0.1) is 5.82 Å². The van der Waals surface area contributed by atoms with E-state index in [-0.39, 0.29) is 22.9 Å². The molecular formula is C18H15ClFN3O2. The summed E-state index contributed by atoms with van der Waals surface area (Å²) in [5, 5.41) is 19.8. The molecule has 3 N–H and O–H groups in total. The third-order valence-electron chi connectivity index (χ3n) is 3.67. The minimum atomic E-state index is -0.496. The summed E-state index contributed by atoms with van der Waals surface area (Å²) in [6.07, 6.45) is 0.661. The average molecular weight is 360 g/mol. The SMILES string of the molecule is O=C(NCCc1ccc(Cl)cc1)c1cc(-c2cc(F)ccc2O)n[nH]1. The maximum Gasteiger partial charge on any atom is 0.269 e. The van der Waals surface area contributed by atoms with Crippen molar-refractivity contribution in [2.24, 2.45) is 0 Å². The van der Waals surface area contributed by atoms with E-state index in [1.807, 2.05) is 12.1 Å². The van der Waals surface area contributed by atoms with Crippen LogP contribution in [0.15, 0.2) is 48.5 Å². The van der Waals surface area contributed by atoms with Crippen molar-refractivity contribution in [2.75, 3.05) is 6.54 Å². The monoisotopic (exact) mass is 359 g/mol. The number of aromatic nitrogens is 2. The molecule has 5 nitrogen and oxygen atoms in total. The van der Waals surface area contributed by atoms with Crippen molar-refractivity contribution in [3.8, 4) is 17.0 Å². The van der Waals surface area contributed by atoms with Gasteiger partial charge in [0.1, 0.15) is 17.3 Å². The van der Waals surface area contributed by atoms with Crippen LogP contribution in [0.25, 0.3) is 11.3 Å². The first kappa shape index (κ1) is 17.0. The number of halogens is 2. The number of hydrogen-bond acceptors (Lipinski definition) is 3. The van der Waals surface area contributed by atoms with Crippen LogP contribution in [0.3, 0.4) is 0 Å². The summed E-state index contributed by atoms with van der Waals surface area (Å²) in [6, 6.07) is 12.4. The van der Waals surface area contributed by atoms with Crippen molar-refractivity contribution < 1.29 is 14.3 Å². The topological polar surface area (TPSA) is 78.0 Å². The van der Waals surface area contributed by atoms with Crippen LogP contribution >= 0.6 is 11.6 Å². The highest BCUT2D eigenvalue weighted by molar-refractivity contribution is 6.30. The molecule has 0 saturated carbocycles. The number of rotatable bonds is 5. The first-order valence-corrected chi connectivity index (χ1v) is 7.97. The largest absolute Gasteiger partial charge is 0.507 e. The van der Waals surface area contributed by atoms with Gasteiger partial charge in [-0.2, -0.15) is 5.10 Å². The molecule has 0 atom stereocenters. The summed E-state index contributed by atoms with van der Waals surface area (Å²) in [5.74, 6) is -0.934. The minimum Gasteiger partial charge on any atom is -0.507 e. The summed E-state index contributed by atoms with van der Waals surface area (Å²) >= 11 is 5.83. The molecule has 1 amide bonds. The number of aromatic hydroxyl groups is 1. The van der Waals surface area contributed by atoms with Crippen LogP contribution in [0.2, 0.25) is 5.02 Å². The van der Waals surface area contributed by atoms with Gasteiger partial charge in [0.05, 0.1) is 5.69 Å². The van der Waals surface area contributed by atoms with E-state index < -0.39 is 5.82 Å². The van der Waals surface area contributed by atoms with Crippen LogP contribution in [-0.4, -0.2) is 27.8 Å². The number of benzene rings is 2. The third kappa shape index (κ3) is 4.16. The smallest absolute Gasteiger partial charge is 0.269 e. The molecule has 3 aromatic rings. The van der Waals surface area contributed by atoms with E-state index in [9.17, 15) is 14.3 Å². The van der Waals surface area contributed by atoms with Gasteiger partial charge in [-0.15, -0.1) is 0 Å². The minimum absolute atomic E-state index is 0.109. The molecule has 3 rings (SSSR count). The fourth-order valence-electron chi connectivity index (χ4n) is 2.36. The first-order chi connectivity index (χ1) is 12.0. The van der Waals surface area contributed by atoms with Crippen molar-refractivity contribution in [1.82, 2.24) is 15.5 Å². The fourth-order valence-corrected chi connectivity index (χ4v) is 2.48. The zero-order chi connectivity index (χ0) is 17.8. The summed E-state index contributed by atoms with van der Waals surface area (Å²) in [6.45, 7) is 0.444. The quantitative estimate of drug-likeness (QED) is 0.652. The fraction of sp³-hybridized carbons (Fsp3) is 0.111. The Morgan fingerprint density at radius 1 is 1.20 bits per heavy atom. The van der Waals surface area contributed by atoms with Crippen molar-refractivity contribution in [3.05, 3.63) is 70.6 Å². The lowest BCUT2D eigenvalue weighted by Gasteiger charge is -2.04. The van der Waals surface area contributed by atoms with Crippen LogP contribution in [0.1, 0.15) is 16.1 Å². The van der Waals surface area contributed by atoms with Crippen molar-refractivity contribution in [1.29, 1.82) is 0 Å². The predicted octanol–water partition coefficient (Wildman–Crippen LogP) is 3.55. The highest BCUT2D eigenvalue weighted by Gasteiger charge is 2.13. The van der Waals surface area contributed by atoms with Gasteiger partial charge < -0.3 is 10.4 Å². The van der Waals surface area contributed by atoms with Crippen molar-refractivity contribution >= 4 is 17.5 Å². The van der Waals surface area contributed by atoms with Crippen LogP contribution in [-0.2, 0) is 6.42 Å². The standard InChI is InChI=1S/C18H15ClFN3O2/c19-12-3-1-11(2-4-12)7-8-21-18(25)16-10-15(22-23-16)14-9-13(20)5-6-17(14)24/h1-6,9-10,24H,7-8H2,(H,21,25)(H,22,23). The van der Waals surface area contributed by atoms with Gasteiger partial charge in [-0.05, 0) is 48.4 Å². The second-order valence-corrected chi connectivity index (χ2v) is 5.90. The highest BCUT2D eigenvalue weighted by Crippen LogP contribution is 2.28. The van der Waals surface area contributed by atoms with Crippen molar-refractivity contribution in [3.63, 3.8) is 0 Å². The Morgan fingerprint density at radius 3 is 2.72 bits per heavy atom. The van der Waals surface area contributed by atoms with Gasteiger partial charge in [0.25, 0.3) is 5.91 Å². The van der Waals surface area contributed by atoms with E-state index >= 15 is 0 Å². The molecule has 0 fully saturated rings. The van der Waals surface area contributed by atoms with E-state index in [0.717, 1.165) is 17.7 Å². The summed E-state index contributed by atoms with van der Waals surface area (Å²) in [4.78, 5) is 12.1. The van der Waals surface area contributed by atoms with Gasteiger partial charge in [0, 0.05) is 17.1 Å². The molecule has 1 aromatic heterocycles. The number of hydrogen-bond donors (Lipinski definition) is 3. The lowest BCUT2D eigenvalue weighted by atomic mass is 10.1. The molecule has 0 spiro atoms. The number of carbonyl (C=O) groups excluding carboxylic acids is 1. The van der Waals surface area contributed by atoms with Crippen molar-refractivity contribution in [2.45, 2.75) is 6.42 Å². The average Bonchev–Trinajstić information content (AvgIpc) is 3.09. The Morgan fingerprint density at radius 2 is 1.96 bits per heavy atom. The van der Waals surface area contributed by atoms with E-state index in [2.05, 4.69) is 15.5 Å². The first-order valence-electron chi connectivity index (χ1n) is 7.60. The van der Waals surface area contributed by atoms with Gasteiger partial charge in [-0.1, -0.05) is 23.7 Å². The van der Waals surface area contributed by atoms with Gasteiger partial charge in [-0.3, -0.25) is 9.89 Å². The second kappa shape index (κ2) is 7.36. The second-order valence-electron chi connectivity index (χ2n) is 5.46. The van der Waals surface area contributed by atoms with Gasteiger partial charge in [0.2, 0.25) is 0 Å². The lowest BCUT2D eigenvalue weighted by molar-refractivity contribution is 0.0949. The van der Waals surface area contributed by atoms with Crippen LogP contribution in [0.4, 0.5) is 4.39 Å². The van der Waals surface area contributed by atoms with Gasteiger partial charge >= 0.3 is 0 Å². The molecule has 0 unspecified atom stereocenters. The molecule has 0 aliphatic rings. The number of nitrogens with zero attached hydrogens (tertiary/aromatic N) is 1. The zero-order valence-corrected chi connectivity index (χ0v) is 13.8.